The van der Waals surface area contributed by atoms with Gasteiger partial charge in [-0.2, -0.15) is 0 Å². The van der Waals surface area contributed by atoms with Crippen molar-refractivity contribution >= 4 is 17.8 Å². The Kier molecular flexibility index (Phi) is 5.59. The molecule has 0 aliphatic carbocycles. The molecule has 0 aromatic heterocycles. The zero-order valence-electron chi connectivity index (χ0n) is 14.1. The highest BCUT2D eigenvalue weighted by molar-refractivity contribution is 5.95. The molecule has 1 aliphatic heterocycles. The van der Waals surface area contributed by atoms with Crippen LogP contribution >= 0.6 is 0 Å². The molecule has 1 heterocycles. The number of piperidine rings is 1. The summed E-state index contributed by atoms with van der Waals surface area (Å²) in [7, 11) is 0. The van der Waals surface area contributed by atoms with E-state index in [9.17, 15) is 14.4 Å². The molecule has 1 aromatic rings. The van der Waals surface area contributed by atoms with Crippen molar-refractivity contribution in [1.29, 1.82) is 0 Å². The first-order chi connectivity index (χ1) is 11.4. The van der Waals surface area contributed by atoms with Crippen LogP contribution < -0.4 is 5.32 Å². The fourth-order valence-electron chi connectivity index (χ4n) is 3.03. The quantitative estimate of drug-likeness (QED) is 0.862. The molecule has 0 saturated carbocycles. The molecule has 2 rings (SSSR count). The third-order valence-corrected chi connectivity index (χ3v) is 4.56. The number of hydrogen-bond donors (Lipinski definition) is 2. The standard InChI is InChI=1S/C18H24N2O4/c1-3-14(16(22)23)19-17(24)18(2)10-7-11-20(12-18)15(21)13-8-5-4-6-9-13/h4-6,8-9,14H,3,7,10-12H2,1-2H3,(H,19,24)(H,22,23). The molecule has 6 nitrogen and oxygen atoms in total. The van der Waals surface area contributed by atoms with E-state index in [-0.39, 0.29) is 11.8 Å². The summed E-state index contributed by atoms with van der Waals surface area (Å²) in [4.78, 5) is 38.0. The fourth-order valence-corrected chi connectivity index (χ4v) is 3.03. The van der Waals surface area contributed by atoms with Gasteiger partial charge >= 0.3 is 5.97 Å². The number of nitrogens with one attached hydrogen (secondary N) is 1. The molecule has 1 fully saturated rings. The van der Waals surface area contributed by atoms with Crippen LogP contribution in [0.3, 0.4) is 0 Å². The Morgan fingerprint density at radius 3 is 2.54 bits per heavy atom. The average molecular weight is 332 g/mol. The second-order valence-corrected chi connectivity index (χ2v) is 6.53. The number of nitrogens with zero attached hydrogens (tertiary/aromatic N) is 1. The van der Waals surface area contributed by atoms with Crippen LogP contribution in [0.4, 0.5) is 0 Å². The summed E-state index contributed by atoms with van der Waals surface area (Å²) in [5.41, 5.74) is -0.176. The van der Waals surface area contributed by atoms with Gasteiger partial charge in [-0.05, 0) is 38.3 Å². The van der Waals surface area contributed by atoms with E-state index in [4.69, 9.17) is 5.11 Å². The van der Waals surface area contributed by atoms with Crippen LogP contribution in [0.5, 0.6) is 0 Å². The molecule has 1 saturated heterocycles. The maximum Gasteiger partial charge on any atom is 0.326 e. The fraction of sp³-hybridized carbons (Fsp3) is 0.500. The van der Waals surface area contributed by atoms with Crippen molar-refractivity contribution in [3.63, 3.8) is 0 Å². The molecule has 2 N–H and O–H groups in total. The molecule has 2 amide bonds. The number of amides is 2. The minimum absolute atomic E-state index is 0.0976. The lowest BCUT2D eigenvalue weighted by Gasteiger charge is -2.39. The number of hydrogen-bond acceptors (Lipinski definition) is 3. The molecule has 24 heavy (non-hydrogen) atoms. The second kappa shape index (κ2) is 7.47. The lowest BCUT2D eigenvalue weighted by Crippen LogP contribution is -2.54. The number of likely N-dealkylation sites (tertiary alicyclic amines) is 1. The van der Waals surface area contributed by atoms with Crippen LogP contribution in [0, 0.1) is 5.41 Å². The van der Waals surface area contributed by atoms with Gasteiger partial charge in [0.2, 0.25) is 5.91 Å². The van der Waals surface area contributed by atoms with E-state index in [1.807, 2.05) is 18.2 Å². The van der Waals surface area contributed by atoms with Crippen LogP contribution in [0.25, 0.3) is 0 Å². The maximum atomic E-state index is 12.6. The number of rotatable bonds is 5. The third-order valence-electron chi connectivity index (χ3n) is 4.56. The Labute approximate surface area is 141 Å². The zero-order chi connectivity index (χ0) is 17.7. The topological polar surface area (TPSA) is 86.7 Å². The molecule has 1 aliphatic rings. The highest BCUT2D eigenvalue weighted by Crippen LogP contribution is 2.30. The maximum absolute atomic E-state index is 12.6. The average Bonchev–Trinajstić information content (AvgIpc) is 2.59. The van der Waals surface area contributed by atoms with Crippen LogP contribution in [0.2, 0.25) is 0 Å². The normalized spacial score (nSPS) is 21.8. The third kappa shape index (κ3) is 3.93. The molecular formula is C18H24N2O4. The van der Waals surface area contributed by atoms with Crippen molar-refractivity contribution in [3.05, 3.63) is 35.9 Å². The molecular weight excluding hydrogens is 308 g/mol. The van der Waals surface area contributed by atoms with Gasteiger partial charge in [0.25, 0.3) is 5.91 Å². The molecule has 0 spiro atoms. The summed E-state index contributed by atoms with van der Waals surface area (Å²) in [6.45, 7) is 4.41. The smallest absolute Gasteiger partial charge is 0.326 e. The van der Waals surface area contributed by atoms with Crippen LogP contribution in [-0.4, -0.2) is 46.9 Å². The Morgan fingerprint density at radius 1 is 1.29 bits per heavy atom. The SMILES string of the molecule is CCC(NC(=O)C1(C)CCCN(C(=O)c2ccccc2)C1)C(=O)O. The van der Waals surface area contributed by atoms with Gasteiger partial charge in [-0.3, -0.25) is 9.59 Å². The minimum atomic E-state index is -1.04. The lowest BCUT2D eigenvalue weighted by molar-refractivity contribution is -0.144. The first kappa shape index (κ1) is 18.0. The van der Waals surface area contributed by atoms with E-state index in [0.29, 0.717) is 37.9 Å². The van der Waals surface area contributed by atoms with Crippen molar-refractivity contribution < 1.29 is 19.5 Å². The van der Waals surface area contributed by atoms with Gasteiger partial charge in [0.05, 0.1) is 5.41 Å². The molecule has 2 atom stereocenters. The van der Waals surface area contributed by atoms with Gasteiger partial charge in [-0.25, -0.2) is 4.79 Å². The van der Waals surface area contributed by atoms with E-state index in [2.05, 4.69) is 5.32 Å². The van der Waals surface area contributed by atoms with E-state index in [0.717, 1.165) is 0 Å². The summed E-state index contributed by atoms with van der Waals surface area (Å²) in [5.74, 6) is -1.44. The number of benzene rings is 1. The van der Waals surface area contributed by atoms with Crippen molar-refractivity contribution in [2.45, 2.75) is 39.2 Å². The van der Waals surface area contributed by atoms with Crippen LogP contribution in [-0.2, 0) is 9.59 Å². The molecule has 2 unspecified atom stereocenters. The number of carboxylic acids is 1. The monoisotopic (exact) mass is 332 g/mol. The number of aliphatic carboxylic acids is 1. The van der Waals surface area contributed by atoms with Crippen molar-refractivity contribution in [2.75, 3.05) is 13.1 Å². The van der Waals surface area contributed by atoms with Gasteiger partial charge in [0.1, 0.15) is 6.04 Å². The Morgan fingerprint density at radius 2 is 1.96 bits per heavy atom. The van der Waals surface area contributed by atoms with Gasteiger partial charge in [-0.1, -0.05) is 25.1 Å². The molecule has 0 bridgehead atoms. The van der Waals surface area contributed by atoms with Gasteiger partial charge < -0.3 is 15.3 Å². The highest BCUT2D eigenvalue weighted by atomic mass is 16.4. The van der Waals surface area contributed by atoms with Crippen LogP contribution in [0.1, 0.15) is 43.5 Å². The summed E-state index contributed by atoms with van der Waals surface area (Å²) in [5, 5.41) is 11.7. The molecule has 130 valence electrons. The lowest BCUT2D eigenvalue weighted by atomic mass is 9.80. The summed E-state index contributed by atoms with van der Waals surface area (Å²) < 4.78 is 0. The Balaban J connectivity index is 2.09. The largest absolute Gasteiger partial charge is 0.480 e. The number of carbonyl (C=O) groups excluding carboxylic acids is 2. The van der Waals surface area contributed by atoms with Crippen LogP contribution in [0.15, 0.2) is 30.3 Å². The number of carbonyl (C=O) groups is 3. The summed E-state index contributed by atoms with van der Waals surface area (Å²) in [6.07, 6.45) is 1.67. The predicted octanol–water partition coefficient (Wildman–Crippen LogP) is 1.91. The van der Waals surface area contributed by atoms with Crippen molar-refractivity contribution in [2.24, 2.45) is 5.41 Å². The van der Waals surface area contributed by atoms with Gasteiger partial charge in [-0.15, -0.1) is 0 Å². The molecule has 1 aromatic carbocycles. The summed E-state index contributed by atoms with van der Waals surface area (Å²) >= 11 is 0. The van der Waals surface area contributed by atoms with E-state index < -0.39 is 17.4 Å². The molecule has 0 radical (unpaired) electrons. The van der Waals surface area contributed by atoms with Crippen molar-refractivity contribution in [3.8, 4) is 0 Å². The Hall–Kier alpha value is -2.37. The Bertz CT molecular complexity index is 617. The van der Waals surface area contributed by atoms with Gasteiger partial charge in [0.15, 0.2) is 0 Å². The highest BCUT2D eigenvalue weighted by Gasteiger charge is 2.40. The molecule has 6 heteroatoms. The van der Waals surface area contributed by atoms with Crippen molar-refractivity contribution in [1.82, 2.24) is 10.2 Å². The van der Waals surface area contributed by atoms with E-state index >= 15 is 0 Å². The van der Waals surface area contributed by atoms with E-state index in [1.54, 1.807) is 30.9 Å². The van der Waals surface area contributed by atoms with E-state index in [1.165, 1.54) is 0 Å². The van der Waals surface area contributed by atoms with Gasteiger partial charge in [0, 0.05) is 18.7 Å². The second-order valence-electron chi connectivity index (χ2n) is 6.53. The summed E-state index contributed by atoms with van der Waals surface area (Å²) in [6, 6.07) is 8.08. The predicted molar refractivity (Wildman–Crippen MR) is 89.5 cm³/mol. The number of carboxylic acid groups (broad SMARTS) is 1. The first-order valence-electron chi connectivity index (χ1n) is 8.25. The first-order valence-corrected chi connectivity index (χ1v) is 8.25. The minimum Gasteiger partial charge on any atom is -0.480 e. The zero-order valence-corrected chi connectivity index (χ0v) is 14.1.